The summed E-state index contributed by atoms with van der Waals surface area (Å²) in [7, 11) is 1.68. The third-order valence-corrected chi connectivity index (χ3v) is 4.42. The molecule has 0 amide bonds. The average molecular weight is 268 g/mol. The van der Waals surface area contributed by atoms with Gasteiger partial charge in [0.15, 0.2) is 5.88 Å². The Kier molecular flexibility index (Phi) is 2.06. The lowest BCUT2D eigenvalue weighted by Crippen LogP contribution is -2.06. The molecule has 3 N–H and O–H groups in total. The number of para-hydroxylation sites is 1. The molecule has 0 unspecified atom stereocenters. The van der Waals surface area contributed by atoms with E-state index in [1.807, 2.05) is 18.2 Å². The van der Waals surface area contributed by atoms with Crippen molar-refractivity contribution < 1.29 is 10.2 Å². The van der Waals surface area contributed by atoms with Gasteiger partial charge in [-0.1, -0.05) is 25.1 Å². The van der Waals surface area contributed by atoms with Gasteiger partial charge in [0.25, 0.3) is 0 Å². The van der Waals surface area contributed by atoms with Gasteiger partial charge in [-0.15, -0.1) is 0 Å². The van der Waals surface area contributed by atoms with Crippen molar-refractivity contribution in [1.29, 1.82) is 0 Å². The van der Waals surface area contributed by atoms with Gasteiger partial charge >= 0.3 is 0 Å². The van der Waals surface area contributed by atoms with Crippen molar-refractivity contribution in [3.8, 4) is 22.9 Å². The Morgan fingerprint density at radius 2 is 1.90 bits per heavy atom. The van der Waals surface area contributed by atoms with E-state index in [0.717, 1.165) is 39.7 Å². The Labute approximate surface area is 116 Å². The molecule has 20 heavy (non-hydrogen) atoms. The summed E-state index contributed by atoms with van der Waals surface area (Å²) in [6.45, 7) is 2.14. The summed E-state index contributed by atoms with van der Waals surface area (Å²) in [4.78, 5) is 3.46. The number of hydrogen-bond donors (Lipinski definition) is 3. The fourth-order valence-corrected chi connectivity index (χ4v) is 3.38. The van der Waals surface area contributed by atoms with Crippen LogP contribution in [0.1, 0.15) is 24.1 Å². The Balaban J connectivity index is 2.18. The largest absolute Gasteiger partial charge is 0.494 e. The molecule has 4 rings (SSSR count). The Hall–Kier alpha value is -2.36. The molecule has 0 fully saturated rings. The minimum atomic E-state index is 0.135. The monoisotopic (exact) mass is 268 g/mol. The van der Waals surface area contributed by atoms with E-state index in [1.165, 1.54) is 4.57 Å². The number of aromatic hydroxyl groups is 2. The highest BCUT2D eigenvalue weighted by molar-refractivity contribution is 6.01. The first kappa shape index (κ1) is 11.5. The predicted molar refractivity (Wildman–Crippen MR) is 78.2 cm³/mol. The van der Waals surface area contributed by atoms with E-state index in [1.54, 1.807) is 7.05 Å². The number of aromatic amines is 1. The van der Waals surface area contributed by atoms with Crippen molar-refractivity contribution in [3.63, 3.8) is 0 Å². The fraction of sp³-hybridized carbons (Fsp3) is 0.250. The van der Waals surface area contributed by atoms with E-state index >= 15 is 0 Å². The molecule has 1 aliphatic rings. The summed E-state index contributed by atoms with van der Waals surface area (Å²) in [5.41, 5.74) is 4.85. The van der Waals surface area contributed by atoms with Crippen molar-refractivity contribution in [2.24, 2.45) is 7.05 Å². The van der Waals surface area contributed by atoms with Crippen LogP contribution in [0.2, 0.25) is 0 Å². The molecule has 0 aliphatic heterocycles. The molecule has 2 aromatic heterocycles. The minimum Gasteiger partial charge on any atom is -0.494 e. The normalized spacial score (nSPS) is 17.2. The number of nitrogens with one attached hydrogen (secondary N) is 1. The lowest BCUT2D eigenvalue weighted by Gasteiger charge is -2.19. The molecular formula is C16H16N2O2. The van der Waals surface area contributed by atoms with Gasteiger partial charge in [0, 0.05) is 40.7 Å². The minimum absolute atomic E-state index is 0.135. The van der Waals surface area contributed by atoms with Crippen molar-refractivity contribution in [2.75, 3.05) is 0 Å². The van der Waals surface area contributed by atoms with Crippen LogP contribution in [0, 0.1) is 0 Å². The van der Waals surface area contributed by atoms with Crippen molar-refractivity contribution >= 4 is 10.9 Å². The molecule has 0 bridgehead atoms. The van der Waals surface area contributed by atoms with Gasteiger partial charge in [-0.05, 0) is 12.5 Å². The van der Waals surface area contributed by atoms with Crippen LogP contribution in [0.25, 0.3) is 22.0 Å². The molecule has 0 radical (unpaired) electrons. The zero-order chi connectivity index (χ0) is 14.0. The maximum absolute atomic E-state index is 10.4. The molecular weight excluding hydrogens is 252 g/mol. The van der Waals surface area contributed by atoms with E-state index in [4.69, 9.17) is 0 Å². The summed E-state index contributed by atoms with van der Waals surface area (Å²) in [6, 6.07) is 8.09. The third kappa shape index (κ3) is 1.21. The number of aromatic nitrogens is 2. The summed E-state index contributed by atoms with van der Waals surface area (Å²) in [5, 5.41) is 21.7. The van der Waals surface area contributed by atoms with Crippen molar-refractivity contribution in [3.05, 3.63) is 35.5 Å². The van der Waals surface area contributed by atoms with Gasteiger partial charge in [0.05, 0.1) is 5.56 Å². The summed E-state index contributed by atoms with van der Waals surface area (Å²) >= 11 is 0. The smallest absolute Gasteiger partial charge is 0.202 e. The van der Waals surface area contributed by atoms with Crippen LogP contribution in [0.3, 0.4) is 0 Å². The summed E-state index contributed by atoms with van der Waals surface area (Å²) in [6.07, 6.45) is 0.732. The first-order chi connectivity index (χ1) is 9.59. The van der Waals surface area contributed by atoms with Gasteiger partial charge < -0.3 is 15.2 Å². The van der Waals surface area contributed by atoms with E-state index < -0.39 is 0 Å². The quantitative estimate of drug-likeness (QED) is 0.586. The van der Waals surface area contributed by atoms with Crippen LogP contribution >= 0.6 is 0 Å². The topological polar surface area (TPSA) is 61.2 Å². The zero-order valence-corrected chi connectivity index (χ0v) is 11.4. The van der Waals surface area contributed by atoms with Crippen molar-refractivity contribution in [1.82, 2.24) is 9.55 Å². The lowest BCUT2D eigenvalue weighted by atomic mass is 9.84. The van der Waals surface area contributed by atoms with E-state index in [-0.39, 0.29) is 17.7 Å². The lowest BCUT2D eigenvalue weighted by molar-refractivity contribution is 0.385. The first-order valence-corrected chi connectivity index (χ1v) is 6.80. The zero-order valence-electron chi connectivity index (χ0n) is 11.4. The Bertz CT molecular complexity index is 842. The molecule has 1 aliphatic carbocycles. The van der Waals surface area contributed by atoms with Gasteiger partial charge in [-0.3, -0.25) is 4.57 Å². The van der Waals surface area contributed by atoms with E-state index in [9.17, 15) is 10.2 Å². The van der Waals surface area contributed by atoms with E-state index in [0.29, 0.717) is 0 Å². The van der Waals surface area contributed by atoms with Crippen LogP contribution in [0.15, 0.2) is 24.3 Å². The molecule has 0 spiro atoms. The second-order valence-corrected chi connectivity index (χ2v) is 5.62. The van der Waals surface area contributed by atoms with Gasteiger partial charge in [-0.2, -0.15) is 0 Å². The maximum Gasteiger partial charge on any atom is 0.202 e. The number of nitrogens with zero attached hydrogens (tertiary/aromatic N) is 1. The third-order valence-electron chi connectivity index (χ3n) is 4.42. The van der Waals surface area contributed by atoms with Gasteiger partial charge in [0.2, 0.25) is 5.88 Å². The summed E-state index contributed by atoms with van der Waals surface area (Å²) < 4.78 is 1.45. The maximum atomic E-state index is 10.4. The van der Waals surface area contributed by atoms with Gasteiger partial charge in [0.1, 0.15) is 0 Å². The molecule has 1 atom stereocenters. The van der Waals surface area contributed by atoms with Crippen LogP contribution in [0.5, 0.6) is 11.8 Å². The molecule has 102 valence electrons. The second-order valence-electron chi connectivity index (χ2n) is 5.62. The molecule has 3 aromatic rings. The predicted octanol–water partition coefficient (Wildman–Crippen LogP) is 3.24. The average Bonchev–Trinajstić information content (AvgIpc) is 2.93. The van der Waals surface area contributed by atoms with Crippen LogP contribution < -0.4 is 0 Å². The number of hydrogen-bond acceptors (Lipinski definition) is 2. The van der Waals surface area contributed by atoms with Gasteiger partial charge in [-0.25, -0.2) is 0 Å². The molecule has 4 nitrogen and oxygen atoms in total. The Morgan fingerprint density at radius 1 is 1.15 bits per heavy atom. The molecule has 0 saturated heterocycles. The van der Waals surface area contributed by atoms with E-state index in [2.05, 4.69) is 18.0 Å². The SMILES string of the molecule is C[C@@H]1Cc2c(c(O)n(C)c2O)-c2c1[nH]c1ccccc21. The van der Waals surface area contributed by atoms with Crippen LogP contribution in [-0.2, 0) is 13.5 Å². The number of rotatable bonds is 0. The van der Waals surface area contributed by atoms with Crippen LogP contribution in [0.4, 0.5) is 0 Å². The first-order valence-electron chi connectivity index (χ1n) is 6.80. The molecule has 2 heterocycles. The Morgan fingerprint density at radius 3 is 2.70 bits per heavy atom. The number of H-pyrrole nitrogens is 1. The number of fused-ring (bicyclic) bond motifs is 5. The van der Waals surface area contributed by atoms with Crippen LogP contribution in [-0.4, -0.2) is 19.8 Å². The fourth-order valence-electron chi connectivity index (χ4n) is 3.38. The molecule has 4 heteroatoms. The highest BCUT2D eigenvalue weighted by Gasteiger charge is 2.33. The molecule has 0 saturated carbocycles. The highest BCUT2D eigenvalue weighted by Crippen LogP contribution is 2.51. The summed E-state index contributed by atoms with van der Waals surface area (Å²) in [5.74, 6) is 0.591. The highest BCUT2D eigenvalue weighted by atomic mass is 16.3. The van der Waals surface area contributed by atoms with Crippen molar-refractivity contribution in [2.45, 2.75) is 19.3 Å². The number of benzene rings is 1. The second kappa shape index (κ2) is 3.60. The standard InChI is InChI=1S/C16H16N2O2/c1-8-7-10-13(16(20)18(2)15(10)19)12-9-5-3-4-6-11(9)17-14(8)12/h3-6,8,17,19-20H,7H2,1-2H3/t8-/m1/s1. The molecule has 1 aromatic carbocycles.